The second-order valence-corrected chi connectivity index (χ2v) is 8.30. The zero-order valence-corrected chi connectivity index (χ0v) is 16.0. The van der Waals surface area contributed by atoms with Gasteiger partial charge in [-0.3, -0.25) is 4.79 Å². The Morgan fingerprint density at radius 3 is 2.57 bits per heavy atom. The van der Waals surface area contributed by atoms with Gasteiger partial charge in [-0.25, -0.2) is 9.37 Å². The van der Waals surface area contributed by atoms with Crippen LogP contribution in [0.5, 0.6) is 0 Å². The predicted molar refractivity (Wildman–Crippen MR) is 110 cm³/mol. The van der Waals surface area contributed by atoms with E-state index >= 15 is 0 Å². The van der Waals surface area contributed by atoms with Crippen LogP contribution in [0.3, 0.4) is 0 Å². The number of benzene rings is 2. The predicted octanol–water partition coefficient (Wildman–Crippen LogP) is 5.77. The minimum Gasteiger partial charge on any atom is -0.325 e. The number of halogens is 1. The van der Waals surface area contributed by atoms with Crippen LogP contribution >= 0.6 is 11.3 Å². The summed E-state index contributed by atoms with van der Waals surface area (Å²) in [4.78, 5) is 17.5. The number of rotatable bonds is 4. The van der Waals surface area contributed by atoms with Gasteiger partial charge in [-0.15, -0.1) is 11.3 Å². The number of hydrogen-bond acceptors (Lipinski definition) is 3. The van der Waals surface area contributed by atoms with Crippen molar-refractivity contribution in [3.63, 3.8) is 0 Å². The zero-order chi connectivity index (χ0) is 19.1. The van der Waals surface area contributed by atoms with E-state index in [4.69, 9.17) is 0 Å². The summed E-state index contributed by atoms with van der Waals surface area (Å²) < 4.78 is 14.1. The normalized spacial score (nSPS) is 22.5. The van der Waals surface area contributed by atoms with E-state index in [9.17, 15) is 9.18 Å². The van der Waals surface area contributed by atoms with Crippen molar-refractivity contribution in [2.45, 2.75) is 12.8 Å². The number of anilines is 1. The third-order valence-corrected chi connectivity index (χ3v) is 6.56. The van der Waals surface area contributed by atoms with E-state index < -0.39 is 0 Å². The van der Waals surface area contributed by atoms with Gasteiger partial charge in [0.05, 0.1) is 11.4 Å². The largest absolute Gasteiger partial charge is 0.325 e. The number of allylic oxidation sites excluding steroid dienone is 2. The molecule has 1 heterocycles. The number of fused-ring (bicyclic) bond motifs is 2. The van der Waals surface area contributed by atoms with Crippen molar-refractivity contribution in [2.24, 2.45) is 17.8 Å². The molecule has 0 spiro atoms. The summed E-state index contributed by atoms with van der Waals surface area (Å²) in [5.74, 6) is 0.762. The lowest BCUT2D eigenvalue weighted by atomic mass is 9.92. The first-order valence-electron chi connectivity index (χ1n) is 9.48. The van der Waals surface area contributed by atoms with Gasteiger partial charge in [-0.05, 0) is 42.9 Å². The molecule has 1 amide bonds. The molecule has 140 valence electrons. The fourth-order valence-corrected chi connectivity index (χ4v) is 5.13. The molecule has 28 heavy (non-hydrogen) atoms. The van der Waals surface area contributed by atoms with Gasteiger partial charge in [-0.1, -0.05) is 42.5 Å². The summed E-state index contributed by atoms with van der Waals surface area (Å²) in [6, 6.07) is 14.3. The van der Waals surface area contributed by atoms with Crippen LogP contribution in [-0.2, 0) is 4.79 Å². The second kappa shape index (κ2) is 6.99. The van der Waals surface area contributed by atoms with Crippen molar-refractivity contribution in [2.75, 3.05) is 5.32 Å². The Balaban J connectivity index is 1.42. The fraction of sp³-hybridized carbons (Fsp3) is 0.217. The van der Waals surface area contributed by atoms with Crippen molar-refractivity contribution in [3.05, 3.63) is 71.9 Å². The number of nitrogens with one attached hydrogen (secondary N) is 1. The summed E-state index contributed by atoms with van der Waals surface area (Å²) >= 11 is 1.40. The SMILES string of the molecule is O=C(Nc1ccccc1-c1csc(-c2ccccc2F)n1)C1CC2C=CC1C2. The number of amides is 1. The standard InChI is InChI=1S/C23H19FN2OS/c24-19-7-3-1-5-16(19)23-26-21(13-28-23)17-6-2-4-8-20(17)25-22(27)18-12-14-9-10-15(18)11-14/h1-10,13-15,18H,11-12H2,(H,25,27). The lowest BCUT2D eigenvalue weighted by Crippen LogP contribution is -2.26. The Bertz CT molecular complexity index is 1070. The topological polar surface area (TPSA) is 42.0 Å². The Labute approximate surface area is 167 Å². The number of aromatic nitrogens is 1. The van der Waals surface area contributed by atoms with Crippen LogP contribution in [0.15, 0.2) is 66.1 Å². The molecule has 5 rings (SSSR count). The lowest BCUT2D eigenvalue weighted by Gasteiger charge is -2.18. The molecule has 5 heteroatoms. The highest BCUT2D eigenvalue weighted by molar-refractivity contribution is 7.13. The monoisotopic (exact) mass is 390 g/mol. The summed E-state index contributed by atoms with van der Waals surface area (Å²) in [5, 5.41) is 5.66. The molecule has 0 saturated heterocycles. The van der Waals surface area contributed by atoms with Crippen LogP contribution in [-0.4, -0.2) is 10.9 Å². The quantitative estimate of drug-likeness (QED) is 0.575. The van der Waals surface area contributed by atoms with E-state index in [1.54, 1.807) is 18.2 Å². The van der Waals surface area contributed by atoms with E-state index in [0.29, 0.717) is 22.4 Å². The van der Waals surface area contributed by atoms with Crippen molar-refractivity contribution in [3.8, 4) is 21.8 Å². The van der Waals surface area contributed by atoms with Gasteiger partial charge < -0.3 is 5.32 Å². The minimum atomic E-state index is -0.283. The fourth-order valence-electron chi connectivity index (χ4n) is 4.28. The second-order valence-electron chi connectivity index (χ2n) is 7.44. The maximum atomic E-state index is 14.1. The van der Waals surface area contributed by atoms with Gasteiger partial charge >= 0.3 is 0 Å². The number of para-hydroxylation sites is 1. The molecular weight excluding hydrogens is 371 g/mol. The maximum absolute atomic E-state index is 14.1. The molecule has 2 aliphatic rings. The molecule has 3 unspecified atom stereocenters. The highest BCUT2D eigenvalue weighted by atomic mass is 32.1. The third-order valence-electron chi connectivity index (χ3n) is 5.69. The zero-order valence-electron chi connectivity index (χ0n) is 15.1. The minimum absolute atomic E-state index is 0.0486. The van der Waals surface area contributed by atoms with Crippen molar-refractivity contribution < 1.29 is 9.18 Å². The lowest BCUT2D eigenvalue weighted by molar-refractivity contribution is -0.120. The Morgan fingerprint density at radius 2 is 1.82 bits per heavy atom. The molecule has 2 aliphatic carbocycles. The first-order chi connectivity index (χ1) is 13.7. The van der Waals surface area contributed by atoms with Gasteiger partial charge in [-0.2, -0.15) is 0 Å². The number of carbonyl (C=O) groups excluding carboxylic acids is 1. The molecule has 3 aromatic rings. The first kappa shape index (κ1) is 17.3. The Hall–Kier alpha value is -2.79. The average Bonchev–Trinajstić information content (AvgIpc) is 3.46. The molecule has 1 aromatic heterocycles. The summed E-state index contributed by atoms with van der Waals surface area (Å²) in [6.07, 6.45) is 6.45. The summed E-state index contributed by atoms with van der Waals surface area (Å²) in [7, 11) is 0. The molecule has 2 aromatic carbocycles. The van der Waals surface area contributed by atoms with E-state index in [1.807, 2.05) is 29.6 Å². The molecular formula is C23H19FN2OS. The number of nitrogens with zero attached hydrogens (tertiary/aromatic N) is 1. The molecule has 0 aliphatic heterocycles. The summed E-state index contributed by atoms with van der Waals surface area (Å²) in [6.45, 7) is 0. The molecule has 2 bridgehead atoms. The summed E-state index contributed by atoms with van der Waals surface area (Å²) in [5.41, 5.74) is 2.85. The van der Waals surface area contributed by atoms with Gasteiger partial charge in [0.15, 0.2) is 0 Å². The van der Waals surface area contributed by atoms with E-state index in [-0.39, 0.29) is 17.6 Å². The molecule has 0 radical (unpaired) electrons. The number of thiazole rings is 1. The average molecular weight is 390 g/mol. The van der Waals surface area contributed by atoms with E-state index in [0.717, 1.165) is 29.8 Å². The molecule has 1 N–H and O–H groups in total. The van der Waals surface area contributed by atoms with Crippen molar-refractivity contribution >= 4 is 22.9 Å². The van der Waals surface area contributed by atoms with Crippen LogP contribution in [0.2, 0.25) is 0 Å². The molecule has 1 saturated carbocycles. The van der Waals surface area contributed by atoms with Crippen LogP contribution < -0.4 is 5.32 Å². The van der Waals surface area contributed by atoms with Crippen LogP contribution in [0, 0.1) is 23.6 Å². The van der Waals surface area contributed by atoms with Crippen LogP contribution in [0.4, 0.5) is 10.1 Å². The van der Waals surface area contributed by atoms with Crippen molar-refractivity contribution in [1.82, 2.24) is 4.98 Å². The van der Waals surface area contributed by atoms with Crippen LogP contribution in [0.25, 0.3) is 21.8 Å². The highest BCUT2D eigenvalue weighted by Gasteiger charge is 2.39. The van der Waals surface area contributed by atoms with Gasteiger partial charge in [0.25, 0.3) is 0 Å². The highest BCUT2D eigenvalue weighted by Crippen LogP contribution is 2.44. The van der Waals surface area contributed by atoms with Gasteiger partial charge in [0.1, 0.15) is 10.8 Å². The number of carbonyl (C=O) groups is 1. The van der Waals surface area contributed by atoms with Gasteiger partial charge in [0, 0.05) is 22.4 Å². The Morgan fingerprint density at radius 1 is 1.04 bits per heavy atom. The third kappa shape index (κ3) is 3.06. The molecule has 1 fully saturated rings. The number of hydrogen-bond donors (Lipinski definition) is 1. The van der Waals surface area contributed by atoms with Crippen molar-refractivity contribution in [1.29, 1.82) is 0 Å². The smallest absolute Gasteiger partial charge is 0.228 e. The Kier molecular flexibility index (Phi) is 4.32. The van der Waals surface area contributed by atoms with E-state index in [2.05, 4.69) is 22.5 Å². The molecule has 3 nitrogen and oxygen atoms in total. The molecule has 3 atom stereocenters. The maximum Gasteiger partial charge on any atom is 0.228 e. The van der Waals surface area contributed by atoms with E-state index in [1.165, 1.54) is 17.4 Å². The first-order valence-corrected chi connectivity index (χ1v) is 10.4. The van der Waals surface area contributed by atoms with Gasteiger partial charge in [0.2, 0.25) is 5.91 Å². The van der Waals surface area contributed by atoms with Crippen LogP contribution in [0.1, 0.15) is 12.8 Å².